The van der Waals surface area contributed by atoms with Crippen molar-refractivity contribution in [3.05, 3.63) is 65.5 Å². The van der Waals surface area contributed by atoms with E-state index in [0.717, 1.165) is 16.7 Å². The zero-order chi connectivity index (χ0) is 13.8. The molecule has 96 valence electrons. The number of aliphatic carboxylic acids is 1. The first-order valence-corrected chi connectivity index (χ1v) is 5.84. The lowest BCUT2D eigenvalue weighted by molar-refractivity contribution is -0.132. The fourth-order valence-electron chi connectivity index (χ4n) is 1.73. The van der Waals surface area contributed by atoms with Gasteiger partial charge in [-0.15, -0.1) is 0 Å². The number of carbonyl (C=O) groups is 1. The number of carboxylic acids is 1. The number of benzene rings is 2. The molecule has 2 aromatic carbocycles. The third-order valence-corrected chi connectivity index (χ3v) is 2.81. The molecular formula is C16H13FO2. The van der Waals surface area contributed by atoms with E-state index in [0.29, 0.717) is 0 Å². The van der Waals surface area contributed by atoms with E-state index in [1.54, 1.807) is 25.1 Å². The van der Waals surface area contributed by atoms with E-state index < -0.39 is 5.97 Å². The van der Waals surface area contributed by atoms with Crippen molar-refractivity contribution < 1.29 is 14.3 Å². The average Bonchev–Trinajstić information content (AvgIpc) is 2.40. The van der Waals surface area contributed by atoms with E-state index in [-0.39, 0.29) is 11.4 Å². The molecule has 0 fully saturated rings. The normalized spacial score (nSPS) is 11.4. The molecular weight excluding hydrogens is 243 g/mol. The first kappa shape index (κ1) is 13.0. The number of hydrogen-bond acceptors (Lipinski definition) is 1. The molecule has 0 bridgehead atoms. The largest absolute Gasteiger partial charge is 0.478 e. The summed E-state index contributed by atoms with van der Waals surface area (Å²) in [5, 5.41) is 8.80. The van der Waals surface area contributed by atoms with E-state index >= 15 is 0 Å². The molecule has 0 unspecified atom stereocenters. The second kappa shape index (κ2) is 5.48. The molecule has 2 nitrogen and oxygen atoms in total. The maximum atomic E-state index is 12.8. The second-order valence-electron chi connectivity index (χ2n) is 4.26. The monoisotopic (exact) mass is 256 g/mol. The predicted octanol–water partition coefficient (Wildman–Crippen LogP) is 3.98. The SMILES string of the molecule is CC(=Cc1ccc(-c2ccc(F)cc2)cc1)C(=O)O. The van der Waals surface area contributed by atoms with E-state index in [9.17, 15) is 9.18 Å². The van der Waals surface area contributed by atoms with Crippen molar-refractivity contribution >= 4 is 12.0 Å². The van der Waals surface area contributed by atoms with Crippen LogP contribution in [-0.4, -0.2) is 11.1 Å². The Hall–Kier alpha value is -2.42. The Balaban J connectivity index is 2.26. The van der Waals surface area contributed by atoms with Crippen LogP contribution in [0.1, 0.15) is 12.5 Å². The van der Waals surface area contributed by atoms with Crippen LogP contribution in [0.2, 0.25) is 0 Å². The van der Waals surface area contributed by atoms with Crippen LogP contribution < -0.4 is 0 Å². The minimum atomic E-state index is -0.928. The van der Waals surface area contributed by atoms with Crippen molar-refractivity contribution in [3.8, 4) is 11.1 Å². The molecule has 2 rings (SSSR count). The standard InChI is InChI=1S/C16H13FO2/c1-11(16(18)19)10-12-2-4-13(5-3-12)14-6-8-15(17)9-7-14/h2-10H,1H3,(H,18,19). The number of halogens is 1. The number of carboxylic acid groups (broad SMARTS) is 1. The Kier molecular flexibility index (Phi) is 3.76. The molecule has 0 amide bonds. The van der Waals surface area contributed by atoms with Crippen LogP contribution in [0.25, 0.3) is 17.2 Å². The summed E-state index contributed by atoms with van der Waals surface area (Å²) in [6.07, 6.45) is 1.61. The zero-order valence-corrected chi connectivity index (χ0v) is 10.4. The van der Waals surface area contributed by atoms with Crippen LogP contribution in [0.3, 0.4) is 0 Å². The highest BCUT2D eigenvalue weighted by molar-refractivity contribution is 5.91. The van der Waals surface area contributed by atoms with Crippen LogP contribution >= 0.6 is 0 Å². The smallest absolute Gasteiger partial charge is 0.331 e. The first-order valence-electron chi connectivity index (χ1n) is 5.84. The van der Waals surface area contributed by atoms with Gasteiger partial charge < -0.3 is 5.11 Å². The summed E-state index contributed by atoms with van der Waals surface area (Å²) < 4.78 is 12.8. The molecule has 0 saturated heterocycles. The highest BCUT2D eigenvalue weighted by Gasteiger charge is 2.01. The fourth-order valence-corrected chi connectivity index (χ4v) is 1.73. The van der Waals surface area contributed by atoms with Gasteiger partial charge in [0.25, 0.3) is 0 Å². The van der Waals surface area contributed by atoms with Gasteiger partial charge in [0, 0.05) is 5.57 Å². The maximum absolute atomic E-state index is 12.8. The Morgan fingerprint density at radius 3 is 1.95 bits per heavy atom. The molecule has 0 saturated carbocycles. The van der Waals surface area contributed by atoms with Crippen LogP contribution in [0.4, 0.5) is 4.39 Å². The van der Waals surface area contributed by atoms with Gasteiger partial charge in [-0.2, -0.15) is 0 Å². The highest BCUT2D eigenvalue weighted by Crippen LogP contribution is 2.20. The molecule has 3 heteroatoms. The lowest BCUT2D eigenvalue weighted by atomic mass is 10.0. The minimum absolute atomic E-state index is 0.264. The van der Waals surface area contributed by atoms with Gasteiger partial charge in [-0.25, -0.2) is 9.18 Å². The summed E-state index contributed by atoms with van der Waals surface area (Å²) in [4.78, 5) is 10.7. The van der Waals surface area contributed by atoms with Crippen LogP contribution in [-0.2, 0) is 4.79 Å². The molecule has 0 aliphatic carbocycles. The van der Waals surface area contributed by atoms with Crippen molar-refractivity contribution in [3.63, 3.8) is 0 Å². The second-order valence-corrected chi connectivity index (χ2v) is 4.26. The van der Waals surface area contributed by atoms with Gasteiger partial charge in [0.15, 0.2) is 0 Å². The molecule has 1 N–H and O–H groups in total. The van der Waals surface area contributed by atoms with Crippen LogP contribution in [0.5, 0.6) is 0 Å². The van der Waals surface area contributed by atoms with Gasteiger partial charge in [0.1, 0.15) is 5.82 Å². The summed E-state index contributed by atoms with van der Waals surface area (Å²) in [6.45, 7) is 1.55. The molecule has 0 radical (unpaired) electrons. The van der Waals surface area contributed by atoms with Gasteiger partial charge in [-0.05, 0) is 41.8 Å². The topological polar surface area (TPSA) is 37.3 Å². The Morgan fingerprint density at radius 1 is 1.00 bits per heavy atom. The zero-order valence-electron chi connectivity index (χ0n) is 10.4. The molecule has 0 spiro atoms. The average molecular weight is 256 g/mol. The third kappa shape index (κ3) is 3.28. The summed E-state index contributed by atoms with van der Waals surface area (Å²) in [7, 11) is 0. The van der Waals surface area contributed by atoms with Crippen LogP contribution in [0.15, 0.2) is 54.1 Å². The first-order chi connectivity index (χ1) is 9.06. The quantitative estimate of drug-likeness (QED) is 0.843. The van der Waals surface area contributed by atoms with E-state index in [1.807, 2.05) is 24.3 Å². The van der Waals surface area contributed by atoms with Crippen LogP contribution in [0, 0.1) is 5.82 Å². The lowest BCUT2D eigenvalue weighted by Gasteiger charge is -2.02. The fraction of sp³-hybridized carbons (Fsp3) is 0.0625. The maximum Gasteiger partial charge on any atom is 0.331 e. The Morgan fingerprint density at radius 2 is 1.47 bits per heavy atom. The lowest BCUT2D eigenvalue weighted by Crippen LogP contribution is -1.95. The van der Waals surface area contributed by atoms with E-state index in [4.69, 9.17) is 5.11 Å². The van der Waals surface area contributed by atoms with Crippen molar-refractivity contribution in [1.29, 1.82) is 0 Å². The Labute approximate surface area is 110 Å². The van der Waals surface area contributed by atoms with Gasteiger partial charge in [0.2, 0.25) is 0 Å². The van der Waals surface area contributed by atoms with Gasteiger partial charge >= 0.3 is 5.97 Å². The molecule has 2 aromatic rings. The Bertz CT molecular complexity index is 610. The van der Waals surface area contributed by atoms with Crippen molar-refractivity contribution in [2.75, 3.05) is 0 Å². The van der Waals surface area contributed by atoms with E-state index in [2.05, 4.69) is 0 Å². The van der Waals surface area contributed by atoms with Gasteiger partial charge in [0.05, 0.1) is 0 Å². The molecule has 0 atom stereocenters. The number of rotatable bonds is 3. The van der Waals surface area contributed by atoms with E-state index in [1.165, 1.54) is 12.1 Å². The van der Waals surface area contributed by atoms with Crippen molar-refractivity contribution in [2.24, 2.45) is 0 Å². The van der Waals surface area contributed by atoms with Crippen molar-refractivity contribution in [2.45, 2.75) is 6.92 Å². The van der Waals surface area contributed by atoms with Crippen molar-refractivity contribution in [1.82, 2.24) is 0 Å². The minimum Gasteiger partial charge on any atom is -0.478 e. The van der Waals surface area contributed by atoms with Gasteiger partial charge in [-0.1, -0.05) is 36.4 Å². The summed E-state index contributed by atoms with van der Waals surface area (Å²) in [6, 6.07) is 13.7. The summed E-state index contributed by atoms with van der Waals surface area (Å²) >= 11 is 0. The highest BCUT2D eigenvalue weighted by atomic mass is 19.1. The molecule has 0 aliphatic rings. The summed E-state index contributed by atoms with van der Waals surface area (Å²) in [5.74, 6) is -1.19. The number of hydrogen-bond donors (Lipinski definition) is 1. The molecule has 19 heavy (non-hydrogen) atoms. The molecule has 0 heterocycles. The molecule has 0 aromatic heterocycles. The summed E-state index contributed by atoms with van der Waals surface area (Å²) in [5.41, 5.74) is 3.00. The third-order valence-electron chi connectivity index (χ3n) is 2.81. The predicted molar refractivity (Wildman–Crippen MR) is 73.1 cm³/mol. The van der Waals surface area contributed by atoms with Gasteiger partial charge in [-0.3, -0.25) is 0 Å². The molecule has 0 aliphatic heterocycles.